The Balaban J connectivity index is 1.71. The molecular formula is C17H25NO2S. The summed E-state index contributed by atoms with van der Waals surface area (Å²) in [7, 11) is 0. The fourth-order valence-corrected chi connectivity index (χ4v) is 3.65. The number of unbranched alkanes of at least 4 members (excludes halogenated alkanes) is 5. The number of thiophene rings is 1. The molecule has 1 unspecified atom stereocenters. The van der Waals surface area contributed by atoms with E-state index in [1.165, 1.54) is 54.8 Å². The van der Waals surface area contributed by atoms with Gasteiger partial charge in [0.15, 0.2) is 0 Å². The molecule has 2 heterocycles. The minimum atomic E-state index is -0.106. The van der Waals surface area contributed by atoms with Crippen molar-refractivity contribution in [3.63, 3.8) is 0 Å². The Labute approximate surface area is 131 Å². The van der Waals surface area contributed by atoms with E-state index in [0.29, 0.717) is 23.6 Å². The van der Waals surface area contributed by atoms with Crippen LogP contribution in [0.15, 0.2) is 10.8 Å². The second-order valence-electron chi connectivity index (χ2n) is 6.08. The number of hydrogen-bond acceptors (Lipinski definition) is 3. The van der Waals surface area contributed by atoms with Gasteiger partial charge in [0.25, 0.3) is 11.8 Å². The fraction of sp³-hybridized carbons (Fsp3) is 0.647. The summed E-state index contributed by atoms with van der Waals surface area (Å²) in [6, 6.07) is 0. The van der Waals surface area contributed by atoms with Gasteiger partial charge in [-0.15, -0.1) is 0 Å². The summed E-state index contributed by atoms with van der Waals surface area (Å²) < 4.78 is 0. The minimum Gasteiger partial charge on any atom is -0.274 e. The molecule has 0 aliphatic carbocycles. The number of amides is 2. The molecule has 21 heavy (non-hydrogen) atoms. The molecule has 1 aromatic heterocycles. The Kier molecular flexibility index (Phi) is 5.97. The van der Waals surface area contributed by atoms with Crippen LogP contribution in [-0.4, -0.2) is 23.3 Å². The lowest BCUT2D eigenvalue weighted by molar-refractivity contribution is 0.0629. The smallest absolute Gasteiger partial charge is 0.262 e. The van der Waals surface area contributed by atoms with Gasteiger partial charge in [-0.05, 0) is 12.3 Å². The predicted molar refractivity (Wildman–Crippen MR) is 86.8 cm³/mol. The van der Waals surface area contributed by atoms with Gasteiger partial charge >= 0.3 is 0 Å². The maximum atomic E-state index is 12.2. The van der Waals surface area contributed by atoms with Crippen LogP contribution in [0.5, 0.6) is 0 Å². The van der Waals surface area contributed by atoms with Gasteiger partial charge in [-0.2, -0.15) is 11.3 Å². The van der Waals surface area contributed by atoms with Crippen molar-refractivity contribution in [1.82, 2.24) is 4.90 Å². The van der Waals surface area contributed by atoms with Crippen molar-refractivity contribution in [2.75, 3.05) is 6.54 Å². The molecule has 3 nitrogen and oxygen atoms in total. The standard InChI is InChI=1S/C17H25NO2S/c1-3-4-5-6-7-8-9-13(2)10-18-16(19)14-11-21-12-15(14)17(18)20/h11-13H,3-10H2,1-2H3. The van der Waals surface area contributed by atoms with E-state index in [4.69, 9.17) is 0 Å². The van der Waals surface area contributed by atoms with E-state index >= 15 is 0 Å². The van der Waals surface area contributed by atoms with Crippen molar-refractivity contribution in [2.45, 2.75) is 58.8 Å². The van der Waals surface area contributed by atoms with Gasteiger partial charge in [-0.1, -0.05) is 52.4 Å². The van der Waals surface area contributed by atoms with Crippen LogP contribution >= 0.6 is 11.3 Å². The van der Waals surface area contributed by atoms with Gasteiger partial charge in [0.1, 0.15) is 0 Å². The highest BCUT2D eigenvalue weighted by Gasteiger charge is 2.36. The zero-order chi connectivity index (χ0) is 15.2. The van der Waals surface area contributed by atoms with E-state index in [0.717, 1.165) is 6.42 Å². The Hall–Kier alpha value is -1.16. The third-order valence-corrected chi connectivity index (χ3v) is 4.90. The molecule has 0 spiro atoms. The molecule has 0 N–H and O–H groups in total. The number of fused-ring (bicyclic) bond motifs is 1. The fourth-order valence-electron chi connectivity index (χ4n) is 2.85. The normalized spacial score (nSPS) is 15.6. The van der Waals surface area contributed by atoms with Crippen molar-refractivity contribution in [3.05, 3.63) is 21.9 Å². The van der Waals surface area contributed by atoms with Crippen LogP contribution in [0.3, 0.4) is 0 Å². The van der Waals surface area contributed by atoms with E-state index in [1.807, 2.05) is 0 Å². The summed E-state index contributed by atoms with van der Waals surface area (Å²) in [5.41, 5.74) is 1.19. The van der Waals surface area contributed by atoms with Crippen molar-refractivity contribution in [1.29, 1.82) is 0 Å². The molecule has 0 aromatic carbocycles. The summed E-state index contributed by atoms with van der Waals surface area (Å²) in [5.74, 6) is 0.175. The Bertz CT molecular complexity index is 464. The average Bonchev–Trinajstić information content (AvgIpc) is 3.03. The van der Waals surface area contributed by atoms with E-state index in [9.17, 15) is 9.59 Å². The highest BCUT2D eigenvalue weighted by molar-refractivity contribution is 7.08. The largest absolute Gasteiger partial charge is 0.274 e. The van der Waals surface area contributed by atoms with Gasteiger partial charge in [-0.25, -0.2) is 0 Å². The molecule has 0 bridgehead atoms. The second kappa shape index (κ2) is 7.74. The molecular weight excluding hydrogens is 282 g/mol. The van der Waals surface area contributed by atoms with Crippen molar-refractivity contribution >= 4 is 23.2 Å². The number of carbonyl (C=O) groups is 2. The molecule has 0 radical (unpaired) electrons. The molecule has 116 valence electrons. The van der Waals surface area contributed by atoms with Crippen LogP contribution in [0.2, 0.25) is 0 Å². The summed E-state index contributed by atoms with van der Waals surface area (Å²) in [6.07, 6.45) is 8.79. The SMILES string of the molecule is CCCCCCCCC(C)CN1C(=O)c2cscc2C1=O. The third kappa shape index (κ3) is 3.94. The zero-order valence-electron chi connectivity index (χ0n) is 13.1. The molecule has 1 aliphatic rings. The van der Waals surface area contributed by atoms with Crippen LogP contribution < -0.4 is 0 Å². The number of hydrogen-bond donors (Lipinski definition) is 0. The Morgan fingerprint density at radius 2 is 1.57 bits per heavy atom. The third-order valence-electron chi connectivity index (χ3n) is 4.16. The van der Waals surface area contributed by atoms with Gasteiger partial charge < -0.3 is 0 Å². The van der Waals surface area contributed by atoms with E-state index < -0.39 is 0 Å². The summed E-state index contributed by atoms with van der Waals surface area (Å²) in [6.45, 7) is 4.93. The molecule has 1 aromatic rings. The first-order chi connectivity index (χ1) is 10.1. The zero-order valence-corrected chi connectivity index (χ0v) is 13.9. The van der Waals surface area contributed by atoms with Crippen molar-refractivity contribution in [2.24, 2.45) is 5.92 Å². The minimum absolute atomic E-state index is 0.106. The molecule has 1 atom stereocenters. The molecule has 0 fully saturated rings. The summed E-state index contributed by atoms with van der Waals surface area (Å²) >= 11 is 1.43. The average molecular weight is 307 g/mol. The van der Waals surface area contributed by atoms with Gasteiger partial charge in [-0.3, -0.25) is 14.5 Å². The summed E-state index contributed by atoms with van der Waals surface area (Å²) in [5, 5.41) is 3.57. The van der Waals surface area contributed by atoms with E-state index in [1.54, 1.807) is 10.8 Å². The van der Waals surface area contributed by atoms with Crippen LogP contribution in [0.4, 0.5) is 0 Å². The van der Waals surface area contributed by atoms with E-state index in [2.05, 4.69) is 13.8 Å². The monoisotopic (exact) mass is 307 g/mol. The van der Waals surface area contributed by atoms with Crippen LogP contribution in [0.1, 0.15) is 79.5 Å². The Morgan fingerprint density at radius 1 is 1.00 bits per heavy atom. The number of carbonyl (C=O) groups excluding carboxylic acids is 2. The molecule has 1 aliphatic heterocycles. The number of imide groups is 1. The van der Waals surface area contributed by atoms with Crippen LogP contribution in [0.25, 0.3) is 0 Å². The maximum absolute atomic E-state index is 12.2. The van der Waals surface area contributed by atoms with E-state index in [-0.39, 0.29) is 11.8 Å². The lowest BCUT2D eigenvalue weighted by atomic mass is 10.0. The first-order valence-electron chi connectivity index (χ1n) is 8.07. The maximum Gasteiger partial charge on any atom is 0.262 e. The lowest BCUT2D eigenvalue weighted by Crippen LogP contribution is -2.34. The topological polar surface area (TPSA) is 37.4 Å². The quantitative estimate of drug-likeness (QED) is 0.488. The lowest BCUT2D eigenvalue weighted by Gasteiger charge is -2.19. The van der Waals surface area contributed by atoms with Crippen LogP contribution in [0, 0.1) is 5.92 Å². The molecule has 2 rings (SSSR count). The van der Waals surface area contributed by atoms with Crippen LogP contribution in [-0.2, 0) is 0 Å². The van der Waals surface area contributed by atoms with Gasteiger partial charge in [0, 0.05) is 17.3 Å². The number of rotatable bonds is 9. The van der Waals surface area contributed by atoms with Gasteiger partial charge in [0.05, 0.1) is 11.1 Å². The molecule has 2 amide bonds. The first kappa shape index (κ1) is 16.2. The van der Waals surface area contributed by atoms with Crippen molar-refractivity contribution < 1.29 is 9.59 Å². The summed E-state index contributed by atoms with van der Waals surface area (Å²) in [4.78, 5) is 25.8. The van der Waals surface area contributed by atoms with Crippen molar-refractivity contribution in [3.8, 4) is 0 Å². The molecule has 0 saturated carbocycles. The predicted octanol–water partition coefficient (Wildman–Crippen LogP) is 4.73. The molecule has 0 saturated heterocycles. The molecule has 4 heteroatoms. The number of nitrogens with zero attached hydrogens (tertiary/aromatic N) is 1. The Morgan fingerprint density at radius 3 is 2.19 bits per heavy atom. The van der Waals surface area contributed by atoms with Gasteiger partial charge in [0.2, 0.25) is 0 Å². The second-order valence-corrected chi connectivity index (χ2v) is 6.83. The highest BCUT2D eigenvalue weighted by atomic mass is 32.1. The highest BCUT2D eigenvalue weighted by Crippen LogP contribution is 2.27. The first-order valence-corrected chi connectivity index (χ1v) is 9.01.